The molecule has 1 aromatic rings. The third kappa shape index (κ3) is 3.45. The summed E-state index contributed by atoms with van der Waals surface area (Å²) in [6, 6.07) is 4.68. The number of likely N-dealkylation sites (tertiary alicyclic amines) is 1. The molecular formula is C15H22FNO. The molecule has 0 atom stereocenters. The van der Waals surface area contributed by atoms with Crippen molar-refractivity contribution >= 4 is 0 Å². The van der Waals surface area contributed by atoms with Crippen LogP contribution in [-0.4, -0.2) is 23.1 Å². The molecule has 0 aromatic heterocycles. The van der Waals surface area contributed by atoms with E-state index < -0.39 is 5.82 Å². The van der Waals surface area contributed by atoms with Gasteiger partial charge in [0.05, 0.1) is 0 Å². The number of benzene rings is 1. The second-order valence-electron chi connectivity index (χ2n) is 5.29. The summed E-state index contributed by atoms with van der Waals surface area (Å²) < 4.78 is 13.2. The van der Waals surface area contributed by atoms with E-state index in [-0.39, 0.29) is 5.75 Å². The number of nitrogens with zero attached hydrogens (tertiary/aromatic N) is 1. The number of aromatic hydroxyl groups is 1. The number of halogens is 1. The van der Waals surface area contributed by atoms with Crippen molar-refractivity contribution in [3.05, 3.63) is 29.6 Å². The Morgan fingerprint density at radius 2 is 2.06 bits per heavy atom. The predicted molar refractivity (Wildman–Crippen MR) is 71.0 cm³/mol. The zero-order valence-corrected chi connectivity index (χ0v) is 11.0. The molecule has 1 aliphatic heterocycles. The lowest BCUT2D eigenvalue weighted by Crippen LogP contribution is -2.33. The number of phenolic OH excluding ortho intramolecular Hbond substituents is 1. The third-order valence-electron chi connectivity index (χ3n) is 3.82. The van der Waals surface area contributed by atoms with E-state index in [9.17, 15) is 4.39 Å². The van der Waals surface area contributed by atoms with Gasteiger partial charge in [-0.05, 0) is 49.5 Å². The maximum absolute atomic E-state index is 13.2. The van der Waals surface area contributed by atoms with E-state index in [4.69, 9.17) is 5.11 Å². The average molecular weight is 251 g/mol. The Morgan fingerprint density at radius 3 is 2.67 bits per heavy atom. The molecule has 0 saturated carbocycles. The first-order valence-electron chi connectivity index (χ1n) is 6.88. The molecule has 1 aromatic carbocycles. The molecule has 18 heavy (non-hydrogen) atoms. The maximum Gasteiger partial charge on any atom is 0.165 e. The summed E-state index contributed by atoms with van der Waals surface area (Å²) in [6.45, 7) is 5.24. The first-order valence-corrected chi connectivity index (χ1v) is 6.88. The van der Waals surface area contributed by atoms with Crippen LogP contribution < -0.4 is 0 Å². The first-order chi connectivity index (χ1) is 8.69. The van der Waals surface area contributed by atoms with Crippen molar-refractivity contribution in [3.8, 4) is 5.75 Å². The fourth-order valence-electron chi connectivity index (χ4n) is 2.75. The minimum atomic E-state index is -0.520. The van der Waals surface area contributed by atoms with Crippen LogP contribution >= 0.6 is 0 Å². The van der Waals surface area contributed by atoms with Crippen LogP contribution in [0.25, 0.3) is 0 Å². The molecule has 0 aliphatic carbocycles. The van der Waals surface area contributed by atoms with Crippen molar-refractivity contribution in [2.45, 2.75) is 39.2 Å². The Hall–Kier alpha value is -1.09. The molecule has 1 fully saturated rings. The highest BCUT2D eigenvalue weighted by Crippen LogP contribution is 2.23. The summed E-state index contributed by atoms with van der Waals surface area (Å²) in [5, 5.41) is 9.15. The van der Waals surface area contributed by atoms with Crippen LogP contribution in [0.5, 0.6) is 5.75 Å². The van der Waals surface area contributed by atoms with E-state index in [2.05, 4.69) is 11.8 Å². The Balaban J connectivity index is 1.85. The Bertz CT molecular complexity index is 386. The quantitative estimate of drug-likeness (QED) is 0.884. The van der Waals surface area contributed by atoms with Gasteiger partial charge in [-0.1, -0.05) is 25.8 Å². The van der Waals surface area contributed by atoms with Crippen molar-refractivity contribution in [2.24, 2.45) is 5.92 Å². The summed E-state index contributed by atoms with van der Waals surface area (Å²) in [6.07, 6.45) is 5.12. The predicted octanol–water partition coefficient (Wildman–Crippen LogP) is 3.54. The molecular weight excluding hydrogens is 229 g/mol. The van der Waals surface area contributed by atoms with Gasteiger partial charge >= 0.3 is 0 Å². The SMILES string of the molecule is CCCC1CCN(Cc2ccc(O)c(F)c2)CC1. The smallest absolute Gasteiger partial charge is 0.165 e. The van der Waals surface area contributed by atoms with E-state index in [0.717, 1.165) is 31.1 Å². The van der Waals surface area contributed by atoms with E-state index in [1.54, 1.807) is 6.07 Å². The second-order valence-corrected chi connectivity index (χ2v) is 5.29. The minimum absolute atomic E-state index is 0.264. The highest BCUT2D eigenvalue weighted by Gasteiger charge is 2.18. The monoisotopic (exact) mass is 251 g/mol. The van der Waals surface area contributed by atoms with Gasteiger partial charge in [-0.15, -0.1) is 0 Å². The van der Waals surface area contributed by atoms with Gasteiger partial charge in [0.2, 0.25) is 0 Å². The van der Waals surface area contributed by atoms with Crippen molar-refractivity contribution in [2.75, 3.05) is 13.1 Å². The van der Waals surface area contributed by atoms with Crippen LogP contribution in [0.1, 0.15) is 38.2 Å². The van der Waals surface area contributed by atoms with E-state index >= 15 is 0 Å². The lowest BCUT2D eigenvalue weighted by Gasteiger charge is -2.31. The standard InChI is InChI=1S/C15H22FNO/c1-2-3-12-6-8-17(9-7-12)11-13-4-5-15(18)14(16)10-13/h4-5,10,12,18H,2-3,6-9,11H2,1H3. The van der Waals surface area contributed by atoms with Gasteiger partial charge in [0, 0.05) is 6.54 Å². The molecule has 0 radical (unpaired) electrons. The van der Waals surface area contributed by atoms with Crippen molar-refractivity contribution in [1.29, 1.82) is 0 Å². The largest absolute Gasteiger partial charge is 0.505 e. The van der Waals surface area contributed by atoms with Gasteiger partial charge in [-0.3, -0.25) is 4.90 Å². The number of phenols is 1. The third-order valence-corrected chi connectivity index (χ3v) is 3.82. The van der Waals surface area contributed by atoms with Crippen LogP contribution in [0.2, 0.25) is 0 Å². The van der Waals surface area contributed by atoms with Crippen LogP contribution in [0.3, 0.4) is 0 Å². The average Bonchev–Trinajstić information content (AvgIpc) is 2.37. The molecule has 2 nitrogen and oxygen atoms in total. The highest BCUT2D eigenvalue weighted by atomic mass is 19.1. The number of hydrogen-bond donors (Lipinski definition) is 1. The zero-order chi connectivity index (χ0) is 13.0. The van der Waals surface area contributed by atoms with Gasteiger partial charge < -0.3 is 5.11 Å². The van der Waals surface area contributed by atoms with E-state index in [1.807, 2.05) is 0 Å². The van der Waals surface area contributed by atoms with Gasteiger partial charge in [-0.25, -0.2) is 4.39 Å². The molecule has 0 amide bonds. The molecule has 0 spiro atoms. The molecule has 1 heterocycles. The Labute approximate surface area is 108 Å². The van der Waals surface area contributed by atoms with Crippen LogP contribution in [0, 0.1) is 11.7 Å². The summed E-state index contributed by atoms with van der Waals surface area (Å²) in [7, 11) is 0. The number of hydrogen-bond acceptors (Lipinski definition) is 2. The summed E-state index contributed by atoms with van der Waals surface area (Å²) >= 11 is 0. The number of piperidine rings is 1. The lowest BCUT2D eigenvalue weighted by molar-refractivity contribution is 0.171. The van der Waals surface area contributed by atoms with E-state index in [0.29, 0.717) is 0 Å². The fraction of sp³-hybridized carbons (Fsp3) is 0.600. The molecule has 0 unspecified atom stereocenters. The molecule has 1 saturated heterocycles. The summed E-state index contributed by atoms with van der Waals surface area (Å²) in [5.74, 6) is 0.0941. The maximum atomic E-state index is 13.2. The molecule has 1 aliphatic rings. The highest BCUT2D eigenvalue weighted by molar-refractivity contribution is 5.27. The van der Waals surface area contributed by atoms with Gasteiger partial charge in [0.15, 0.2) is 11.6 Å². The molecule has 3 heteroatoms. The molecule has 1 N–H and O–H groups in total. The van der Waals surface area contributed by atoms with Crippen molar-refractivity contribution < 1.29 is 9.50 Å². The van der Waals surface area contributed by atoms with Crippen LogP contribution in [-0.2, 0) is 6.54 Å². The second kappa shape index (κ2) is 6.19. The molecule has 0 bridgehead atoms. The van der Waals surface area contributed by atoms with Crippen molar-refractivity contribution in [3.63, 3.8) is 0 Å². The lowest BCUT2D eigenvalue weighted by atomic mass is 9.92. The Kier molecular flexibility index (Phi) is 4.59. The number of rotatable bonds is 4. The summed E-state index contributed by atoms with van der Waals surface area (Å²) in [5.41, 5.74) is 0.944. The zero-order valence-electron chi connectivity index (χ0n) is 11.0. The summed E-state index contributed by atoms with van der Waals surface area (Å²) in [4.78, 5) is 2.37. The topological polar surface area (TPSA) is 23.5 Å². The van der Waals surface area contributed by atoms with Crippen molar-refractivity contribution in [1.82, 2.24) is 4.90 Å². The van der Waals surface area contributed by atoms with E-state index in [1.165, 1.54) is 37.8 Å². The first kappa shape index (κ1) is 13.3. The van der Waals surface area contributed by atoms with Gasteiger partial charge in [0.1, 0.15) is 0 Å². The minimum Gasteiger partial charge on any atom is -0.505 e. The van der Waals surface area contributed by atoms with Gasteiger partial charge in [-0.2, -0.15) is 0 Å². The fourth-order valence-corrected chi connectivity index (χ4v) is 2.75. The Morgan fingerprint density at radius 1 is 1.33 bits per heavy atom. The molecule has 100 valence electrons. The normalized spacial score (nSPS) is 18.1. The van der Waals surface area contributed by atoms with Gasteiger partial charge in [0.25, 0.3) is 0 Å². The van der Waals surface area contributed by atoms with Crippen LogP contribution in [0.15, 0.2) is 18.2 Å². The van der Waals surface area contributed by atoms with Crippen LogP contribution in [0.4, 0.5) is 4.39 Å². The molecule has 2 rings (SSSR count).